The van der Waals surface area contributed by atoms with Crippen LogP contribution in [0.25, 0.3) is 0 Å². The molecule has 96 valence electrons. The van der Waals surface area contributed by atoms with E-state index in [0.29, 0.717) is 5.56 Å². The Bertz CT molecular complexity index is 466. The van der Waals surface area contributed by atoms with Crippen LogP contribution in [-0.2, 0) is 19.9 Å². The lowest BCUT2D eigenvalue weighted by Crippen LogP contribution is -2.35. The van der Waals surface area contributed by atoms with E-state index in [4.69, 9.17) is 4.74 Å². The lowest BCUT2D eigenvalue weighted by Gasteiger charge is -2.23. The van der Waals surface area contributed by atoms with Gasteiger partial charge in [0.1, 0.15) is 0 Å². The molecular formula is C14H16O4. The molecule has 0 radical (unpaired) electrons. The second kappa shape index (κ2) is 4.44. The summed E-state index contributed by atoms with van der Waals surface area (Å²) < 4.78 is 5.23. The number of carbonyl (C=O) groups is 2. The number of ether oxygens (including phenoxy) is 1. The van der Waals surface area contributed by atoms with Gasteiger partial charge in [-0.2, -0.15) is 0 Å². The molecule has 0 aliphatic carbocycles. The molecule has 18 heavy (non-hydrogen) atoms. The highest BCUT2D eigenvalue weighted by molar-refractivity contribution is 5.88. The molecule has 4 nitrogen and oxygen atoms in total. The van der Waals surface area contributed by atoms with Crippen molar-refractivity contribution in [2.24, 2.45) is 11.8 Å². The number of carboxylic acids is 1. The van der Waals surface area contributed by atoms with Gasteiger partial charge in [-0.15, -0.1) is 0 Å². The first-order chi connectivity index (χ1) is 8.47. The summed E-state index contributed by atoms with van der Waals surface area (Å²) in [5.74, 6) is -1.81. The Kier molecular flexibility index (Phi) is 3.11. The Hall–Kier alpha value is -1.84. The molecule has 0 amide bonds. The fraction of sp³-hybridized carbons (Fsp3) is 0.429. The van der Waals surface area contributed by atoms with Gasteiger partial charge in [-0.25, -0.2) is 4.79 Å². The number of benzene rings is 1. The first-order valence-corrected chi connectivity index (χ1v) is 5.99. The molecule has 1 heterocycles. The zero-order chi connectivity index (χ0) is 13.3. The molecule has 2 rings (SSSR count). The Morgan fingerprint density at radius 2 is 2.00 bits per heavy atom. The second-order valence-electron chi connectivity index (χ2n) is 4.97. The van der Waals surface area contributed by atoms with Crippen LogP contribution in [0.2, 0.25) is 0 Å². The maximum absolute atomic E-state index is 11.8. The third-order valence-electron chi connectivity index (χ3n) is 3.48. The molecule has 1 aliphatic heterocycles. The highest BCUT2D eigenvalue weighted by Gasteiger charge is 2.54. The number of carboxylic acid groups (broad SMARTS) is 1. The molecular weight excluding hydrogens is 232 g/mol. The number of carbonyl (C=O) groups excluding carboxylic acids is 1. The van der Waals surface area contributed by atoms with Crippen LogP contribution >= 0.6 is 0 Å². The molecule has 2 unspecified atom stereocenters. The van der Waals surface area contributed by atoms with Crippen molar-refractivity contribution in [1.29, 1.82) is 0 Å². The Morgan fingerprint density at radius 1 is 1.39 bits per heavy atom. The zero-order valence-corrected chi connectivity index (χ0v) is 10.4. The zero-order valence-electron chi connectivity index (χ0n) is 10.4. The lowest BCUT2D eigenvalue weighted by atomic mass is 9.83. The standard InChI is InChI=1S/C14H16O4/c1-9(2)11-8-14(13(16)17,18-12(11)15)10-6-4-3-5-7-10/h3-7,9,11H,8H2,1-2H3,(H,16,17). The van der Waals surface area contributed by atoms with Gasteiger partial charge >= 0.3 is 11.9 Å². The van der Waals surface area contributed by atoms with Crippen molar-refractivity contribution in [2.45, 2.75) is 25.9 Å². The number of cyclic esters (lactones) is 1. The van der Waals surface area contributed by atoms with Crippen LogP contribution in [0.15, 0.2) is 30.3 Å². The molecule has 0 aromatic heterocycles. The average molecular weight is 248 g/mol. The number of rotatable bonds is 3. The summed E-state index contributed by atoms with van der Waals surface area (Å²) in [4.78, 5) is 23.4. The van der Waals surface area contributed by atoms with Gasteiger partial charge in [-0.3, -0.25) is 4.79 Å². The van der Waals surface area contributed by atoms with Gasteiger partial charge in [-0.1, -0.05) is 44.2 Å². The van der Waals surface area contributed by atoms with Crippen LogP contribution in [0.5, 0.6) is 0 Å². The van der Waals surface area contributed by atoms with Gasteiger partial charge in [0.2, 0.25) is 5.60 Å². The average Bonchev–Trinajstić information content (AvgIpc) is 2.70. The van der Waals surface area contributed by atoms with E-state index in [9.17, 15) is 14.7 Å². The first-order valence-electron chi connectivity index (χ1n) is 5.99. The molecule has 2 atom stereocenters. The van der Waals surface area contributed by atoms with Crippen LogP contribution in [0.4, 0.5) is 0 Å². The van der Waals surface area contributed by atoms with E-state index in [2.05, 4.69) is 0 Å². The highest BCUT2D eigenvalue weighted by Crippen LogP contribution is 2.42. The number of hydrogen-bond donors (Lipinski definition) is 1. The molecule has 1 aromatic carbocycles. The van der Waals surface area contributed by atoms with Crippen LogP contribution in [0, 0.1) is 11.8 Å². The fourth-order valence-corrected chi connectivity index (χ4v) is 2.33. The van der Waals surface area contributed by atoms with Crippen molar-refractivity contribution in [3.63, 3.8) is 0 Å². The van der Waals surface area contributed by atoms with E-state index in [1.54, 1.807) is 30.3 Å². The van der Waals surface area contributed by atoms with Gasteiger partial charge in [-0.05, 0) is 5.92 Å². The predicted octanol–water partition coefficient (Wildman–Crippen LogP) is 2.19. The summed E-state index contributed by atoms with van der Waals surface area (Å²) in [7, 11) is 0. The largest absolute Gasteiger partial charge is 0.478 e. The van der Waals surface area contributed by atoms with Crippen LogP contribution in [-0.4, -0.2) is 17.0 Å². The maximum Gasteiger partial charge on any atom is 0.353 e. The first kappa shape index (κ1) is 12.6. The van der Waals surface area contributed by atoms with Crippen LogP contribution < -0.4 is 0 Å². The Morgan fingerprint density at radius 3 is 2.44 bits per heavy atom. The van der Waals surface area contributed by atoms with Crippen molar-refractivity contribution in [1.82, 2.24) is 0 Å². The summed E-state index contributed by atoms with van der Waals surface area (Å²) in [6, 6.07) is 8.66. The SMILES string of the molecule is CC(C)C1CC(C(=O)O)(c2ccccc2)OC1=O. The normalized spacial score (nSPS) is 27.3. The molecule has 1 saturated heterocycles. The lowest BCUT2D eigenvalue weighted by molar-refractivity contribution is -0.171. The van der Waals surface area contributed by atoms with E-state index < -0.39 is 17.5 Å². The third kappa shape index (κ3) is 1.88. The maximum atomic E-state index is 11.8. The summed E-state index contributed by atoms with van der Waals surface area (Å²) in [6.45, 7) is 3.80. The van der Waals surface area contributed by atoms with Crippen molar-refractivity contribution in [2.75, 3.05) is 0 Å². The van der Waals surface area contributed by atoms with Crippen molar-refractivity contribution in [3.8, 4) is 0 Å². The molecule has 1 aliphatic rings. The highest BCUT2D eigenvalue weighted by atomic mass is 16.6. The van der Waals surface area contributed by atoms with Gasteiger partial charge in [0.15, 0.2) is 0 Å². The van der Waals surface area contributed by atoms with Crippen molar-refractivity contribution < 1.29 is 19.4 Å². The predicted molar refractivity (Wildman–Crippen MR) is 64.8 cm³/mol. The molecule has 0 bridgehead atoms. The fourth-order valence-electron chi connectivity index (χ4n) is 2.33. The van der Waals surface area contributed by atoms with Crippen molar-refractivity contribution in [3.05, 3.63) is 35.9 Å². The summed E-state index contributed by atoms with van der Waals surface area (Å²) in [5.41, 5.74) is -0.998. The molecule has 1 fully saturated rings. The topological polar surface area (TPSA) is 63.6 Å². The number of esters is 1. The monoisotopic (exact) mass is 248 g/mol. The van der Waals surface area contributed by atoms with E-state index in [1.165, 1.54) is 0 Å². The van der Waals surface area contributed by atoms with Gasteiger partial charge < -0.3 is 9.84 Å². The molecule has 0 saturated carbocycles. The summed E-state index contributed by atoms with van der Waals surface area (Å²) >= 11 is 0. The van der Waals surface area contributed by atoms with E-state index in [-0.39, 0.29) is 18.3 Å². The molecule has 1 aromatic rings. The minimum Gasteiger partial charge on any atom is -0.478 e. The van der Waals surface area contributed by atoms with Crippen molar-refractivity contribution >= 4 is 11.9 Å². The Balaban J connectivity index is 2.43. The third-order valence-corrected chi connectivity index (χ3v) is 3.48. The van der Waals surface area contributed by atoms with Gasteiger partial charge in [0.25, 0.3) is 0 Å². The van der Waals surface area contributed by atoms with E-state index in [0.717, 1.165) is 0 Å². The number of hydrogen-bond acceptors (Lipinski definition) is 3. The van der Waals surface area contributed by atoms with Gasteiger partial charge in [0.05, 0.1) is 5.92 Å². The quantitative estimate of drug-likeness (QED) is 0.833. The molecule has 1 N–H and O–H groups in total. The van der Waals surface area contributed by atoms with Crippen LogP contribution in [0.3, 0.4) is 0 Å². The summed E-state index contributed by atoms with van der Waals surface area (Å²) in [5, 5.41) is 9.46. The molecule has 0 spiro atoms. The smallest absolute Gasteiger partial charge is 0.353 e. The molecule has 4 heteroatoms. The van der Waals surface area contributed by atoms with E-state index >= 15 is 0 Å². The van der Waals surface area contributed by atoms with Gasteiger partial charge in [0, 0.05) is 12.0 Å². The second-order valence-corrected chi connectivity index (χ2v) is 4.97. The van der Waals surface area contributed by atoms with Crippen LogP contribution in [0.1, 0.15) is 25.8 Å². The minimum atomic E-state index is -1.52. The Labute approximate surface area is 106 Å². The summed E-state index contributed by atoms with van der Waals surface area (Å²) in [6.07, 6.45) is 0.197. The minimum absolute atomic E-state index is 0.0717. The number of aliphatic carboxylic acids is 1. The van der Waals surface area contributed by atoms with E-state index in [1.807, 2.05) is 13.8 Å².